The monoisotopic (exact) mass is 415 g/mol. The first-order valence-corrected chi connectivity index (χ1v) is 10.8. The van der Waals surface area contributed by atoms with Gasteiger partial charge in [0.25, 0.3) is 5.91 Å². The molecule has 0 bridgehead atoms. The lowest BCUT2D eigenvalue weighted by Gasteiger charge is -2.31. The zero-order chi connectivity index (χ0) is 21.2. The van der Waals surface area contributed by atoms with Gasteiger partial charge < -0.3 is 5.73 Å². The van der Waals surface area contributed by atoms with E-state index in [1.807, 2.05) is 35.5 Å². The van der Waals surface area contributed by atoms with E-state index in [-0.39, 0.29) is 0 Å². The Labute approximate surface area is 181 Å². The molecule has 1 amide bonds. The first kappa shape index (κ1) is 19.5. The van der Waals surface area contributed by atoms with Crippen LogP contribution in [-0.2, 0) is 13.1 Å². The molecule has 2 aromatic carbocycles. The summed E-state index contributed by atoms with van der Waals surface area (Å²) in [6.07, 6.45) is 10.5. The van der Waals surface area contributed by atoms with E-state index in [4.69, 9.17) is 5.73 Å². The number of imidazole rings is 1. The van der Waals surface area contributed by atoms with Crippen LogP contribution in [0.5, 0.6) is 0 Å². The predicted molar refractivity (Wildman–Crippen MR) is 119 cm³/mol. The molecule has 1 aliphatic heterocycles. The van der Waals surface area contributed by atoms with Gasteiger partial charge in [0.2, 0.25) is 6.33 Å². The van der Waals surface area contributed by atoms with Gasteiger partial charge >= 0.3 is 0 Å². The van der Waals surface area contributed by atoms with E-state index in [0.717, 1.165) is 43.2 Å². The molecule has 0 radical (unpaired) electrons. The van der Waals surface area contributed by atoms with Crippen LogP contribution in [-0.4, -0.2) is 38.7 Å². The van der Waals surface area contributed by atoms with Crippen molar-refractivity contribution in [2.24, 2.45) is 11.7 Å². The van der Waals surface area contributed by atoms with E-state index in [2.05, 4.69) is 50.0 Å². The van der Waals surface area contributed by atoms with Crippen LogP contribution in [0.4, 0.5) is 0 Å². The van der Waals surface area contributed by atoms with Gasteiger partial charge in [-0.1, -0.05) is 24.3 Å². The number of likely N-dealkylation sites (tertiary alicyclic amines) is 1. The third kappa shape index (κ3) is 4.22. The van der Waals surface area contributed by atoms with Crippen molar-refractivity contribution in [2.75, 3.05) is 13.1 Å². The van der Waals surface area contributed by atoms with Gasteiger partial charge in [0, 0.05) is 18.1 Å². The first-order chi connectivity index (χ1) is 15.2. The van der Waals surface area contributed by atoms with Crippen LogP contribution in [0.1, 0.15) is 28.8 Å². The van der Waals surface area contributed by atoms with Crippen molar-refractivity contribution in [1.29, 1.82) is 0 Å². The average Bonchev–Trinajstić information content (AvgIpc) is 3.45. The van der Waals surface area contributed by atoms with Crippen LogP contribution in [0, 0.1) is 5.92 Å². The number of carbonyl (C=O) groups excluding carboxylic acids is 1. The summed E-state index contributed by atoms with van der Waals surface area (Å²) in [4.78, 5) is 17.3. The second kappa shape index (κ2) is 8.35. The largest absolute Gasteiger partial charge is 0.366 e. The summed E-state index contributed by atoms with van der Waals surface area (Å²) < 4.78 is 4.05. The number of piperidine rings is 1. The van der Waals surface area contributed by atoms with Gasteiger partial charge in [-0.2, -0.15) is 5.10 Å². The summed E-state index contributed by atoms with van der Waals surface area (Å²) >= 11 is 0. The van der Waals surface area contributed by atoms with Gasteiger partial charge in [-0.3, -0.25) is 14.7 Å². The lowest BCUT2D eigenvalue weighted by molar-refractivity contribution is -0.702. The van der Waals surface area contributed by atoms with Gasteiger partial charge in [-0.05, 0) is 55.6 Å². The van der Waals surface area contributed by atoms with E-state index in [0.29, 0.717) is 11.1 Å². The van der Waals surface area contributed by atoms with Gasteiger partial charge in [0.05, 0.1) is 17.8 Å². The number of carbonyl (C=O) groups is 1. The van der Waals surface area contributed by atoms with Crippen LogP contribution in [0.2, 0.25) is 0 Å². The number of nitrogens with one attached hydrogen (secondary N) is 1. The van der Waals surface area contributed by atoms with Crippen LogP contribution in [0.25, 0.3) is 16.6 Å². The maximum atomic E-state index is 11.7. The summed E-state index contributed by atoms with van der Waals surface area (Å²) in [6, 6.07) is 14.0. The number of benzene rings is 2. The van der Waals surface area contributed by atoms with Crippen LogP contribution < -0.4 is 10.3 Å². The number of fused-ring (bicyclic) bond motifs is 1. The Hall–Kier alpha value is -3.45. The summed E-state index contributed by atoms with van der Waals surface area (Å²) in [5.41, 5.74) is 8.84. The molecular weight excluding hydrogens is 388 g/mol. The van der Waals surface area contributed by atoms with Crippen molar-refractivity contribution in [1.82, 2.24) is 19.7 Å². The smallest absolute Gasteiger partial charge is 0.250 e. The molecule has 158 valence electrons. The molecule has 0 aliphatic carbocycles. The molecule has 7 nitrogen and oxygen atoms in total. The fourth-order valence-electron chi connectivity index (χ4n) is 4.45. The van der Waals surface area contributed by atoms with Crippen molar-refractivity contribution in [3.05, 3.63) is 78.5 Å². The number of H-pyrrole nitrogens is 1. The fourth-order valence-corrected chi connectivity index (χ4v) is 4.45. The third-order valence-electron chi connectivity index (χ3n) is 6.19. The van der Waals surface area contributed by atoms with E-state index in [1.165, 1.54) is 18.4 Å². The molecular formula is C24H27N6O+. The van der Waals surface area contributed by atoms with Crippen molar-refractivity contribution >= 4 is 16.8 Å². The average molecular weight is 416 g/mol. The highest BCUT2D eigenvalue weighted by molar-refractivity contribution is 6.04. The van der Waals surface area contributed by atoms with Crippen molar-refractivity contribution in [3.8, 4) is 5.69 Å². The number of nitrogens with zero attached hydrogens (tertiary/aromatic N) is 4. The number of hydrogen-bond acceptors (Lipinski definition) is 3. The summed E-state index contributed by atoms with van der Waals surface area (Å²) in [5, 5.41) is 5.49. The van der Waals surface area contributed by atoms with Crippen molar-refractivity contribution in [3.63, 3.8) is 0 Å². The summed E-state index contributed by atoms with van der Waals surface area (Å²) in [7, 11) is 0. The molecule has 3 N–H and O–H groups in total. The number of aromatic nitrogens is 4. The number of rotatable bonds is 6. The number of amides is 1. The van der Waals surface area contributed by atoms with Crippen LogP contribution >= 0.6 is 0 Å². The first-order valence-electron chi connectivity index (χ1n) is 10.8. The SMILES string of the molecule is NC(=O)c1cccc2cn(-c3ccc(CN4CCC(C[n+]5cc[nH]c5)CC4)cc3)nc12. The van der Waals surface area contributed by atoms with Gasteiger partial charge in [0.15, 0.2) is 0 Å². The quantitative estimate of drug-likeness (QED) is 0.475. The molecule has 0 saturated carbocycles. The summed E-state index contributed by atoms with van der Waals surface area (Å²) in [5.74, 6) is 0.292. The topological polar surface area (TPSA) is 83.8 Å². The molecule has 1 fully saturated rings. The molecule has 7 heteroatoms. The zero-order valence-corrected chi connectivity index (χ0v) is 17.4. The van der Waals surface area contributed by atoms with Gasteiger partial charge in [-0.15, -0.1) is 0 Å². The standard InChI is InChI=1S/C24H26N6O/c25-24(31)22-3-1-2-20-16-30(27-23(20)22)21-6-4-18(5-7-21)14-28-11-8-19(9-12-28)15-29-13-10-26-17-29/h1-7,10,13,16-17,19H,8-9,11-12,14-15H2,(H2,25,31)/p+1. The van der Waals surface area contributed by atoms with Gasteiger partial charge in [0.1, 0.15) is 17.9 Å². The lowest BCUT2D eigenvalue weighted by atomic mass is 9.96. The number of hydrogen-bond donors (Lipinski definition) is 2. The number of aromatic amines is 1. The lowest BCUT2D eigenvalue weighted by Crippen LogP contribution is -2.41. The Morgan fingerprint density at radius 1 is 1.16 bits per heavy atom. The molecule has 2 aromatic heterocycles. The van der Waals surface area contributed by atoms with Crippen LogP contribution in [0.3, 0.4) is 0 Å². The third-order valence-corrected chi connectivity index (χ3v) is 6.19. The molecule has 5 rings (SSSR count). The highest BCUT2D eigenvalue weighted by Gasteiger charge is 2.21. The Balaban J connectivity index is 1.22. The molecule has 1 saturated heterocycles. The molecule has 3 heterocycles. The number of nitrogens with two attached hydrogens (primary N) is 1. The van der Waals surface area contributed by atoms with Crippen molar-refractivity contribution < 1.29 is 9.36 Å². The second-order valence-corrected chi connectivity index (χ2v) is 8.38. The second-order valence-electron chi connectivity index (χ2n) is 8.38. The van der Waals surface area contributed by atoms with E-state index in [9.17, 15) is 4.79 Å². The van der Waals surface area contributed by atoms with Gasteiger partial charge in [-0.25, -0.2) is 9.25 Å². The molecule has 4 aromatic rings. The molecule has 0 unspecified atom stereocenters. The molecule has 31 heavy (non-hydrogen) atoms. The van der Waals surface area contributed by atoms with Crippen LogP contribution in [0.15, 0.2) is 67.4 Å². The fraction of sp³-hybridized carbons (Fsp3) is 0.292. The Morgan fingerprint density at radius 3 is 2.68 bits per heavy atom. The molecule has 0 spiro atoms. The highest BCUT2D eigenvalue weighted by atomic mass is 16.1. The minimum atomic E-state index is -0.457. The molecule has 0 atom stereocenters. The minimum absolute atomic E-state index is 0.450. The van der Waals surface area contributed by atoms with E-state index in [1.54, 1.807) is 6.07 Å². The Morgan fingerprint density at radius 2 is 1.97 bits per heavy atom. The maximum absolute atomic E-state index is 11.7. The zero-order valence-electron chi connectivity index (χ0n) is 17.4. The van der Waals surface area contributed by atoms with E-state index < -0.39 is 5.91 Å². The maximum Gasteiger partial charge on any atom is 0.250 e. The molecule has 1 aliphatic rings. The summed E-state index contributed by atoms with van der Waals surface area (Å²) in [6.45, 7) is 4.34. The van der Waals surface area contributed by atoms with Crippen molar-refractivity contribution in [2.45, 2.75) is 25.9 Å². The Kier molecular flexibility index (Phi) is 5.26. The number of primary amides is 1. The minimum Gasteiger partial charge on any atom is -0.366 e. The normalized spacial score (nSPS) is 15.5. The predicted octanol–water partition coefficient (Wildman–Crippen LogP) is 2.65. The highest BCUT2D eigenvalue weighted by Crippen LogP contribution is 2.22. The van der Waals surface area contributed by atoms with E-state index >= 15 is 0 Å². The Bertz CT molecular complexity index is 1170.